The monoisotopic (exact) mass is 216 g/mol. The van der Waals surface area contributed by atoms with Crippen LogP contribution in [0, 0.1) is 5.92 Å². The topological polar surface area (TPSA) is 34.1 Å². The van der Waals surface area contributed by atoms with E-state index in [4.69, 9.17) is 0 Å². The molecule has 1 aliphatic carbocycles. The summed E-state index contributed by atoms with van der Waals surface area (Å²) in [4.78, 5) is 24.0. The van der Waals surface area contributed by atoms with Crippen LogP contribution < -0.4 is 0 Å². The highest BCUT2D eigenvalue weighted by atomic mass is 16.2. The first-order valence-corrected chi connectivity index (χ1v) is 5.93. The normalized spacial score (nSPS) is 15.6. The second kappa shape index (κ2) is 4.60. The number of hydrogen-bond donors (Lipinski definition) is 0. The van der Waals surface area contributed by atoms with Crippen LogP contribution in [0.5, 0.6) is 0 Å². The summed E-state index contributed by atoms with van der Waals surface area (Å²) >= 11 is 0. The molecule has 0 unspecified atom stereocenters. The lowest BCUT2D eigenvalue weighted by molar-refractivity contribution is 0.0829. The van der Waals surface area contributed by atoms with Crippen LogP contribution in [-0.4, -0.2) is 11.6 Å². The van der Waals surface area contributed by atoms with Crippen molar-refractivity contribution in [1.29, 1.82) is 0 Å². The van der Waals surface area contributed by atoms with Gasteiger partial charge in [-0.25, -0.2) is 0 Å². The van der Waals surface area contributed by atoms with Crippen molar-refractivity contribution in [3.05, 3.63) is 35.4 Å². The number of hydrogen-bond acceptors (Lipinski definition) is 2. The second-order valence-electron chi connectivity index (χ2n) is 4.32. The van der Waals surface area contributed by atoms with E-state index in [1.54, 1.807) is 12.1 Å². The highest BCUT2D eigenvalue weighted by Crippen LogP contribution is 2.29. The van der Waals surface area contributed by atoms with E-state index in [-0.39, 0.29) is 11.6 Å². The molecule has 1 aromatic carbocycles. The smallest absolute Gasteiger partial charge is 0.174 e. The minimum absolute atomic E-state index is 0.0247. The molecule has 0 amide bonds. The van der Waals surface area contributed by atoms with Gasteiger partial charge in [0.25, 0.3) is 0 Å². The summed E-state index contributed by atoms with van der Waals surface area (Å²) in [6.07, 6.45) is 3.88. The number of ketones is 2. The Hall–Kier alpha value is -1.44. The van der Waals surface area contributed by atoms with Crippen LogP contribution in [0.25, 0.3) is 0 Å². The molecule has 0 aromatic heterocycles. The van der Waals surface area contributed by atoms with Crippen molar-refractivity contribution in [2.24, 2.45) is 5.92 Å². The zero-order chi connectivity index (χ0) is 11.5. The van der Waals surface area contributed by atoms with E-state index < -0.39 is 5.92 Å². The van der Waals surface area contributed by atoms with Crippen LogP contribution in [0.2, 0.25) is 0 Å². The van der Waals surface area contributed by atoms with Crippen molar-refractivity contribution < 1.29 is 9.59 Å². The molecule has 0 N–H and O–H groups in total. The first kappa shape index (κ1) is 11.1. The molecule has 0 radical (unpaired) electrons. The van der Waals surface area contributed by atoms with Gasteiger partial charge in [0.15, 0.2) is 11.6 Å². The minimum atomic E-state index is -0.399. The zero-order valence-corrected chi connectivity index (χ0v) is 9.53. The molecule has 0 bridgehead atoms. The third kappa shape index (κ3) is 1.80. The standard InChI is InChI=1S/C14H16O2/c1-2-3-4-9-12-13(15)10-7-5-6-8-11(10)14(12)16/h5-8,12H,2-4,9H2,1H3. The van der Waals surface area contributed by atoms with Crippen LogP contribution in [0.4, 0.5) is 0 Å². The second-order valence-corrected chi connectivity index (χ2v) is 4.32. The van der Waals surface area contributed by atoms with Gasteiger partial charge in [-0.3, -0.25) is 9.59 Å². The molecule has 0 atom stereocenters. The number of Topliss-reactive ketones (excluding diaryl/α,β-unsaturated/α-hetero) is 2. The van der Waals surface area contributed by atoms with Crippen molar-refractivity contribution in [3.63, 3.8) is 0 Å². The molecule has 2 rings (SSSR count). The van der Waals surface area contributed by atoms with E-state index in [0.717, 1.165) is 19.3 Å². The fraction of sp³-hybridized carbons (Fsp3) is 0.429. The molecule has 0 aliphatic heterocycles. The molecule has 0 fully saturated rings. The molecule has 0 saturated carbocycles. The van der Waals surface area contributed by atoms with Crippen LogP contribution in [-0.2, 0) is 0 Å². The van der Waals surface area contributed by atoms with Gasteiger partial charge in [0.05, 0.1) is 5.92 Å². The SMILES string of the molecule is CCCCCC1C(=O)c2ccccc2C1=O. The average Bonchev–Trinajstić information content (AvgIpc) is 2.55. The lowest BCUT2D eigenvalue weighted by atomic mass is 9.96. The van der Waals surface area contributed by atoms with Crippen LogP contribution in [0.15, 0.2) is 24.3 Å². The molecule has 1 aromatic rings. The molecule has 84 valence electrons. The van der Waals surface area contributed by atoms with Crippen molar-refractivity contribution in [2.75, 3.05) is 0 Å². The van der Waals surface area contributed by atoms with Gasteiger partial charge in [-0.05, 0) is 6.42 Å². The largest absolute Gasteiger partial charge is 0.293 e. The Bertz CT molecular complexity index is 385. The van der Waals surface area contributed by atoms with E-state index in [1.807, 2.05) is 12.1 Å². The van der Waals surface area contributed by atoms with Gasteiger partial charge in [-0.15, -0.1) is 0 Å². The Morgan fingerprint density at radius 1 is 1.00 bits per heavy atom. The predicted octanol–water partition coefficient (Wildman–Crippen LogP) is 3.26. The molecule has 0 heterocycles. The summed E-state index contributed by atoms with van der Waals surface area (Å²) in [6.45, 7) is 2.12. The maximum Gasteiger partial charge on any atom is 0.174 e. The van der Waals surface area contributed by atoms with Gasteiger partial charge >= 0.3 is 0 Å². The van der Waals surface area contributed by atoms with Crippen LogP contribution in [0.3, 0.4) is 0 Å². The van der Waals surface area contributed by atoms with Gasteiger partial charge in [0.2, 0.25) is 0 Å². The highest BCUT2D eigenvalue weighted by Gasteiger charge is 2.37. The third-order valence-electron chi connectivity index (χ3n) is 3.19. The minimum Gasteiger partial charge on any atom is -0.293 e. The van der Waals surface area contributed by atoms with Gasteiger partial charge < -0.3 is 0 Å². The first-order chi connectivity index (χ1) is 7.75. The lowest BCUT2D eigenvalue weighted by Gasteiger charge is -2.05. The summed E-state index contributed by atoms with van der Waals surface area (Å²) in [6, 6.07) is 7.15. The van der Waals surface area contributed by atoms with E-state index in [2.05, 4.69) is 6.92 Å². The van der Waals surface area contributed by atoms with Crippen LogP contribution in [0.1, 0.15) is 53.3 Å². The van der Waals surface area contributed by atoms with Gasteiger partial charge in [-0.1, -0.05) is 50.5 Å². The maximum atomic E-state index is 12.0. The Morgan fingerprint density at radius 2 is 1.56 bits per heavy atom. The van der Waals surface area contributed by atoms with Crippen molar-refractivity contribution in [2.45, 2.75) is 32.6 Å². The van der Waals surface area contributed by atoms with E-state index in [1.165, 1.54) is 0 Å². The number of rotatable bonds is 4. The lowest BCUT2D eigenvalue weighted by Crippen LogP contribution is -2.14. The fourth-order valence-electron chi connectivity index (χ4n) is 2.27. The van der Waals surface area contributed by atoms with Gasteiger partial charge in [-0.2, -0.15) is 0 Å². The van der Waals surface area contributed by atoms with Crippen molar-refractivity contribution in [3.8, 4) is 0 Å². The number of benzene rings is 1. The summed E-state index contributed by atoms with van der Waals surface area (Å²) < 4.78 is 0. The number of fused-ring (bicyclic) bond motifs is 1. The average molecular weight is 216 g/mol. The summed E-state index contributed by atoms with van der Waals surface area (Å²) in [5, 5.41) is 0. The number of carbonyl (C=O) groups excluding carboxylic acids is 2. The van der Waals surface area contributed by atoms with Gasteiger partial charge in [0.1, 0.15) is 0 Å². The first-order valence-electron chi connectivity index (χ1n) is 5.93. The molecule has 2 heteroatoms. The molecule has 2 nitrogen and oxygen atoms in total. The molecule has 1 aliphatic rings. The van der Waals surface area contributed by atoms with E-state index in [9.17, 15) is 9.59 Å². The highest BCUT2D eigenvalue weighted by molar-refractivity contribution is 6.26. The van der Waals surface area contributed by atoms with Crippen molar-refractivity contribution >= 4 is 11.6 Å². The Balaban J connectivity index is 2.15. The number of carbonyl (C=O) groups is 2. The van der Waals surface area contributed by atoms with Crippen LogP contribution >= 0.6 is 0 Å². The third-order valence-corrected chi connectivity index (χ3v) is 3.19. The van der Waals surface area contributed by atoms with Gasteiger partial charge in [0, 0.05) is 11.1 Å². The molecule has 0 saturated heterocycles. The Morgan fingerprint density at radius 3 is 2.06 bits per heavy atom. The summed E-state index contributed by atoms with van der Waals surface area (Å²) in [7, 11) is 0. The fourth-order valence-corrected chi connectivity index (χ4v) is 2.27. The van der Waals surface area contributed by atoms with E-state index in [0.29, 0.717) is 17.5 Å². The molecule has 16 heavy (non-hydrogen) atoms. The molecular formula is C14H16O2. The predicted molar refractivity (Wildman–Crippen MR) is 62.7 cm³/mol. The maximum absolute atomic E-state index is 12.0. The van der Waals surface area contributed by atoms with Crippen molar-refractivity contribution in [1.82, 2.24) is 0 Å². The quantitative estimate of drug-likeness (QED) is 0.572. The zero-order valence-electron chi connectivity index (χ0n) is 9.53. The Labute approximate surface area is 95.7 Å². The Kier molecular flexibility index (Phi) is 3.18. The summed E-state index contributed by atoms with van der Waals surface area (Å²) in [5.74, 6) is -0.350. The molecule has 0 spiro atoms. The van der Waals surface area contributed by atoms with E-state index >= 15 is 0 Å². The molecular weight excluding hydrogens is 200 g/mol. The summed E-state index contributed by atoms with van der Waals surface area (Å²) in [5.41, 5.74) is 1.24. The number of unbranched alkanes of at least 4 members (excludes halogenated alkanes) is 2.